The van der Waals surface area contributed by atoms with Gasteiger partial charge in [0.2, 0.25) is 0 Å². The third-order valence-corrected chi connectivity index (χ3v) is 18.2. The van der Waals surface area contributed by atoms with E-state index in [0.717, 1.165) is 0 Å². The van der Waals surface area contributed by atoms with Crippen LogP contribution in [0.2, 0.25) is 12.4 Å². The number of benzene rings is 1. The number of aryl methyl sites for hydroxylation is 1. The third kappa shape index (κ3) is 2.20. The molecule has 1 atom stereocenters. The second-order valence-electron chi connectivity index (χ2n) is 7.19. The Kier molecular flexibility index (Phi) is 3.77. The van der Waals surface area contributed by atoms with E-state index in [1.165, 1.54) is 23.1 Å². The van der Waals surface area contributed by atoms with Crippen molar-refractivity contribution in [2.24, 2.45) is 0 Å². The molecule has 1 aromatic carbocycles. The molecule has 0 bridgehead atoms. The first-order valence-electron chi connectivity index (χ1n) is 8.11. The van der Waals surface area contributed by atoms with Gasteiger partial charge in [-0.05, 0) is 0 Å². The number of fused-ring (bicyclic) bond motifs is 1. The Morgan fingerprint density at radius 3 is 2.43 bits per heavy atom. The van der Waals surface area contributed by atoms with Crippen LogP contribution >= 0.6 is 0 Å². The molecule has 0 saturated heterocycles. The van der Waals surface area contributed by atoms with Crippen LogP contribution in [0.4, 0.5) is 0 Å². The molecule has 1 aromatic rings. The Hall–Kier alpha value is -0.677. The van der Waals surface area contributed by atoms with Gasteiger partial charge >= 0.3 is 134 Å². The number of hydrogen-bond donors (Lipinski definition) is 0. The average Bonchev–Trinajstić information content (AvgIpc) is 3.05. The van der Waals surface area contributed by atoms with E-state index in [0.29, 0.717) is 9.04 Å². The predicted octanol–water partition coefficient (Wildman–Crippen LogP) is 6.40. The van der Waals surface area contributed by atoms with Crippen molar-refractivity contribution < 1.29 is 20.3 Å². The summed E-state index contributed by atoms with van der Waals surface area (Å²) in [6, 6.07) is 6.97. The molecule has 0 amide bonds. The van der Waals surface area contributed by atoms with Crippen molar-refractivity contribution in [2.75, 3.05) is 0 Å². The van der Waals surface area contributed by atoms with Crippen LogP contribution in [0.15, 0.2) is 45.8 Å². The topological polar surface area (TPSA) is 0 Å². The Balaban J connectivity index is 2.07. The molecule has 0 N–H and O–H groups in total. The molecule has 1 unspecified atom stereocenters. The molecule has 110 valence electrons. The van der Waals surface area contributed by atoms with E-state index in [1.807, 2.05) is 0 Å². The van der Waals surface area contributed by atoms with E-state index in [9.17, 15) is 0 Å². The van der Waals surface area contributed by atoms with E-state index in [4.69, 9.17) is 0 Å². The van der Waals surface area contributed by atoms with Crippen molar-refractivity contribution in [1.29, 1.82) is 0 Å². The molecule has 0 aliphatic heterocycles. The van der Waals surface area contributed by atoms with Crippen LogP contribution in [-0.4, -0.2) is 0 Å². The Bertz CT molecular complexity index is 646. The first-order chi connectivity index (χ1) is 9.91. The minimum absolute atomic E-state index is 0.367. The van der Waals surface area contributed by atoms with Gasteiger partial charge < -0.3 is 0 Å². The van der Waals surface area contributed by atoms with Gasteiger partial charge in [-0.2, -0.15) is 0 Å². The summed E-state index contributed by atoms with van der Waals surface area (Å²) in [6.07, 6.45) is 13.3. The molecule has 1 heteroatoms. The average molecular weight is 358 g/mol. The number of rotatable bonds is 3. The van der Waals surface area contributed by atoms with Gasteiger partial charge in [-0.15, -0.1) is 0 Å². The minimum atomic E-state index is -2.46. The van der Waals surface area contributed by atoms with Gasteiger partial charge in [0.25, 0.3) is 0 Å². The van der Waals surface area contributed by atoms with Crippen molar-refractivity contribution in [1.82, 2.24) is 0 Å². The zero-order valence-corrected chi connectivity index (χ0v) is 16.4. The first-order valence-corrected chi connectivity index (χ1v) is 15.5. The van der Waals surface area contributed by atoms with Crippen molar-refractivity contribution >= 4 is 6.08 Å². The number of hydrogen-bond acceptors (Lipinski definition) is 0. The van der Waals surface area contributed by atoms with Gasteiger partial charge in [0.1, 0.15) is 0 Å². The molecule has 0 radical (unpaired) electrons. The summed E-state index contributed by atoms with van der Waals surface area (Å²) in [7, 11) is 0. The predicted molar refractivity (Wildman–Crippen MR) is 90.6 cm³/mol. The molecule has 0 nitrogen and oxygen atoms in total. The fourth-order valence-corrected chi connectivity index (χ4v) is 14.6. The molecule has 3 rings (SSSR count). The standard InChI is InChI=1S/C11H11.C7H9.2CH3.Zr/c1-8-3-6-11-9(2)4-5-10(11)7-8;1-2-7-5-3-4-6-7;;;/h3,5-7,9H,1-2H3;3-6H,2H2,1H3;2*1H3;. The summed E-state index contributed by atoms with van der Waals surface area (Å²) in [5.41, 5.74) is 4.38. The quantitative estimate of drug-likeness (QED) is 0.587. The van der Waals surface area contributed by atoms with Crippen LogP contribution in [0.3, 0.4) is 0 Å². The summed E-state index contributed by atoms with van der Waals surface area (Å²) in [5, 5.41) is 0. The van der Waals surface area contributed by atoms with Crippen LogP contribution < -0.4 is 0 Å². The molecule has 0 aromatic heterocycles. The Morgan fingerprint density at radius 1 is 1.14 bits per heavy atom. The van der Waals surface area contributed by atoms with Gasteiger partial charge in [0.15, 0.2) is 0 Å². The first kappa shape index (κ1) is 15.2. The van der Waals surface area contributed by atoms with Gasteiger partial charge in [0, 0.05) is 0 Å². The van der Waals surface area contributed by atoms with Crippen LogP contribution in [0.1, 0.15) is 42.9 Å². The summed E-state index contributed by atoms with van der Waals surface area (Å²) in [5.74, 6) is 0.609. The van der Waals surface area contributed by atoms with Crippen molar-refractivity contribution in [3.8, 4) is 0 Å². The fraction of sp³-hybridized carbons (Fsp3) is 0.400. The summed E-state index contributed by atoms with van der Waals surface area (Å²) < 4.78 is 7.40. The van der Waals surface area contributed by atoms with Crippen LogP contribution in [0, 0.1) is 6.92 Å². The zero-order chi connectivity index (χ0) is 15.3. The molecule has 0 saturated carbocycles. The van der Waals surface area contributed by atoms with Crippen molar-refractivity contribution in [3.05, 3.63) is 62.5 Å². The van der Waals surface area contributed by atoms with E-state index in [2.05, 4.69) is 78.6 Å². The van der Waals surface area contributed by atoms with E-state index in [1.54, 1.807) is 3.28 Å². The van der Waals surface area contributed by atoms with Crippen LogP contribution in [0.5, 0.6) is 0 Å². The van der Waals surface area contributed by atoms with E-state index < -0.39 is 20.3 Å². The SMILES string of the molecule is CC[C]1([Zr]([CH3])([CH3])[C]2=Cc3cc(C)ccc3C2C)C=CC=C1. The maximum absolute atomic E-state index is 2.62. The van der Waals surface area contributed by atoms with Gasteiger partial charge in [0.05, 0.1) is 0 Å². The Morgan fingerprint density at radius 2 is 1.81 bits per heavy atom. The van der Waals surface area contributed by atoms with Gasteiger partial charge in [-0.1, -0.05) is 0 Å². The van der Waals surface area contributed by atoms with Crippen molar-refractivity contribution in [2.45, 2.75) is 45.5 Å². The summed E-state index contributed by atoms with van der Waals surface area (Å²) >= 11 is -2.46. The molecule has 0 spiro atoms. The Labute approximate surface area is 134 Å². The monoisotopic (exact) mass is 356 g/mol. The number of allylic oxidation sites excluding steroid dienone is 5. The molecule has 0 fully saturated rings. The zero-order valence-electron chi connectivity index (χ0n) is 13.9. The van der Waals surface area contributed by atoms with Gasteiger partial charge in [-0.25, -0.2) is 0 Å². The molecule has 21 heavy (non-hydrogen) atoms. The second kappa shape index (κ2) is 5.20. The van der Waals surface area contributed by atoms with E-state index >= 15 is 0 Å². The molecule has 2 aliphatic rings. The van der Waals surface area contributed by atoms with Crippen LogP contribution in [-0.2, 0) is 20.3 Å². The second-order valence-corrected chi connectivity index (χ2v) is 18.9. The fourth-order valence-electron chi connectivity index (χ4n) is 4.27. The normalized spacial score (nSPS) is 22.5. The molecule has 2 aliphatic carbocycles. The van der Waals surface area contributed by atoms with Gasteiger partial charge in [-0.3, -0.25) is 0 Å². The molecule has 0 heterocycles. The maximum atomic E-state index is 2.62. The van der Waals surface area contributed by atoms with E-state index in [-0.39, 0.29) is 0 Å². The third-order valence-electron chi connectivity index (χ3n) is 5.86. The van der Waals surface area contributed by atoms with Crippen molar-refractivity contribution in [3.63, 3.8) is 0 Å². The molecular formula is C20H26Zr. The molecular weight excluding hydrogens is 331 g/mol. The summed E-state index contributed by atoms with van der Waals surface area (Å²) in [4.78, 5) is 0. The summed E-state index contributed by atoms with van der Waals surface area (Å²) in [6.45, 7) is 6.97. The van der Waals surface area contributed by atoms with Crippen LogP contribution in [0.25, 0.3) is 6.08 Å².